The number of ketones is 1. The Balaban J connectivity index is 1.60. The summed E-state index contributed by atoms with van der Waals surface area (Å²) in [5.41, 5.74) is -0.0572. The van der Waals surface area contributed by atoms with Crippen LogP contribution in [0.4, 0.5) is 0 Å². The predicted octanol–water partition coefficient (Wildman–Crippen LogP) is 2.08. The Morgan fingerprint density at radius 2 is 1.88 bits per heavy atom. The van der Waals surface area contributed by atoms with Crippen molar-refractivity contribution in [3.05, 3.63) is 0 Å². The van der Waals surface area contributed by atoms with Crippen molar-refractivity contribution in [1.29, 1.82) is 0 Å². The second-order valence-corrected chi connectivity index (χ2v) is 5.43. The van der Waals surface area contributed by atoms with Crippen LogP contribution in [-0.4, -0.2) is 31.2 Å². The normalized spacial score (nSPS) is 34.2. The first kappa shape index (κ1) is 10.7. The molecular formula is C13H20O3. The minimum atomic E-state index is -0.0572. The van der Waals surface area contributed by atoms with Gasteiger partial charge in [0, 0.05) is 19.6 Å². The standard InChI is InChI=1S/C13H20O3/c14-11-9-12(13(11)5-1-2-6-13)16-10-3-7-15-8-4-10/h10,12H,1-9H2. The maximum absolute atomic E-state index is 11.8. The molecule has 0 radical (unpaired) electrons. The lowest BCUT2D eigenvalue weighted by molar-refractivity contribution is -0.177. The number of rotatable bonds is 2. The minimum absolute atomic E-state index is 0.0572. The van der Waals surface area contributed by atoms with Crippen molar-refractivity contribution in [1.82, 2.24) is 0 Å². The molecule has 2 saturated carbocycles. The van der Waals surface area contributed by atoms with E-state index in [1.54, 1.807) is 0 Å². The van der Waals surface area contributed by atoms with E-state index in [0.717, 1.165) is 38.9 Å². The summed E-state index contributed by atoms with van der Waals surface area (Å²) in [5.74, 6) is 0.460. The number of Topliss-reactive ketones (excluding diaryl/α,β-unsaturated/α-hetero) is 1. The summed E-state index contributed by atoms with van der Waals surface area (Å²) < 4.78 is 11.5. The molecule has 3 aliphatic rings. The zero-order chi connectivity index (χ0) is 11.0. The SMILES string of the molecule is O=C1CC(OC2CCOCC2)C12CCCC2. The van der Waals surface area contributed by atoms with Crippen molar-refractivity contribution in [2.45, 2.75) is 57.2 Å². The Kier molecular flexibility index (Phi) is 2.76. The molecule has 0 aromatic carbocycles. The van der Waals surface area contributed by atoms with Gasteiger partial charge in [0.05, 0.1) is 17.6 Å². The Bertz CT molecular complexity index is 275. The predicted molar refractivity (Wildman–Crippen MR) is 59.2 cm³/mol. The molecule has 3 nitrogen and oxygen atoms in total. The number of hydrogen-bond donors (Lipinski definition) is 0. The van der Waals surface area contributed by atoms with E-state index in [4.69, 9.17) is 9.47 Å². The highest BCUT2D eigenvalue weighted by molar-refractivity contribution is 5.92. The Hall–Kier alpha value is -0.410. The molecular weight excluding hydrogens is 204 g/mol. The molecule has 3 rings (SSSR count). The van der Waals surface area contributed by atoms with E-state index in [1.165, 1.54) is 12.8 Å². The molecule has 1 saturated heterocycles. The fourth-order valence-electron chi connectivity index (χ4n) is 3.44. The molecule has 0 N–H and O–H groups in total. The van der Waals surface area contributed by atoms with E-state index < -0.39 is 0 Å². The molecule has 16 heavy (non-hydrogen) atoms. The van der Waals surface area contributed by atoms with Gasteiger partial charge in [0.15, 0.2) is 0 Å². The van der Waals surface area contributed by atoms with Crippen LogP contribution in [0.3, 0.4) is 0 Å². The highest BCUT2D eigenvalue weighted by atomic mass is 16.5. The molecule has 1 atom stereocenters. The van der Waals surface area contributed by atoms with E-state index in [-0.39, 0.29) is 11.5 Å². The number of carbonyl (C=O) groups excluding carboxylic acids is 1. The average Bonchev–Trinajstić information content (AvgIpc) is 2.82. The van der Waals surface area contributed by atoms with Crippen molar-refractivity contribution in [3.63, 3.8) is 0 Å². The Labute approximate surface area is 96.5 Å². The Morgan fingerprint density at radius 3 is 2.50 bits per heavy atom. The monoisotopic (exact) mass is 224 g/mol. The van der Waals surface area contributed by atoms with Crippen molar-refractivity contribution in [2.75, 3.05) is 13.2 Å². The van der Waals surface area contributed by atoms with Crippen LogP contribution in [0, 0.1) is 5.41 Å². The van der Waals surface area contributed by atoms with Crippen LogP contribution in [0.1, 0.15) is 44.9 Å². The second-order valence-electron chi connectivity index (χ2n) is 5.43. The van der Waals surface area contributed by atoms with Gasteiger partial charge in [-0.3, -0.25) is 4.79 Å². The van der Waals surface area contributed by atoms with E-state index in [9.17, 15) is 4.79 Å². The van der Waals surface area contributed by atoms with Gasteiger partial charge in [-0.15, -0.1) is 0 Å². The van der Waals surface area contributed by atoms with Crippen LogP contribution in [0.15, 0.2) is 0 Å². The molecule has 3 fully saturated rings. The first-order valence-electron chi connectivity index (χ1n) is 6.58. The summed E-state index contributed by atoms with van der Waals surface area (Å²) in [5, 5.41) is 0. The molecule has 0 aromatic rings. The molecule has 3 heteroatoms. The molecule has 1 aliphatic heterocycles. The molecule has 2 aliphatic carbocycles. The average molecular weight is 224 g/mol. The fourth-order valence-corrected chi connectivity index (χ4v) is 3.44. The summed E-state index contributed by atoms with van der Waals surface area (Å²) in [7, 11) is 0. The molecule has 0 aromatic heterocycles. The third-order valence-electron chi connectivity index (χ3n) is 4.56. The van der Waals surface area contributed by atoms with Gasteiger partial charge in [0.1, 0.15) is 5.78 Å². The molecule has 0 bridgehead atoms. The minimum Gasteiger partial charge on any atom is -0.381 e. The summed E-state index contributed by atoms with van der Waals surface area (Å²) in [4.78, 5) is 11.8. The molecule has 1 spiro atoms. The maximum atomic E-state index is 11.8. The van der Waals surface area contributed by atoms with Crippen LogP contribution >= 0.6 is 0 Å². The van der Waals surface area contributed by atoms with Crippen molar-refractivity contribution >= 4 is 5.78 Å². The van der Waals surface area contributed by atoms with Gasteiger partial charge in [-0.1, -0.05) is 12.8 Å². The summed E-state index contributed by atoms with van der Waals surface area (Å²) >= 11 is 0. The van der Waals surface area contributed by atoms with E-state index in [1.807, 2.05) is 0 Å². The van der Waals surface area contributed by atoms with Crippen LogP contribution in [0.5, 0.6) is 0 Å². The topological polar surface area (TPSA) is 35.5 Å². The first-order valence-corrected chi connectivity index (χ1v) is 6.58. The third kappa shape index (κ3) is 1.61. The summed E-state index contributed by atoms with van der Waals surface area (Å²) in [6.07, 6.45) is 7.78. The fraction of sp³-hybridized carbons (Fsp3) is 0.923. The largest absolute Gasteiger partial charge is 0.381 e. The van der Waals surface area contributed by atoms with Gasteiger partial charge >= 0.3 is 0 Å². The van der Waals surface area contributed by atoms with Gasteiger partial charge in [-0.2, -0.15) is 0 Å². The number of carbonyl (C=O) groups is 1. The molecule has 0 amide bonds. The highest BCUT2D eigenvalue weighted by Crippen LogP contribution is 2.52. The Morgan fingerprint density at radius 1 is 1.19 bits per heavy atom. The highest BCUT2D eigenvalue weighted by Gasteiger charge is 2.56. The maximum Gasteiger partial charge on any atom is 0.144 e. The lowest BCUT2D eigenvalue weighted by Gasteiger charge is -2.46. The zero-order valence-electron chi connectivity index (χ0n) is 9.74. The van der Waals surface area contributed by atoms with Crippen molar-refractivity contribution < 1.29 is 14.3 Å². The van der Waals surface area contributed by atoms with Crippen LogP contribution in [0.2, 0.25) is 0 Å². The number of ether oxygens (including phenoxy) is 2. The van der Waals surface area contributed by atoms with Crippen LogP contribution in [-0.2, 0) is 14.3 Å². The van der Waals surface area contributed by atoms with Gasteiger partial charge in [0.2, 0.25) is 0 Å². The van der Waals surface area contributed by atoms with Crippen LogP contribution in [0.25, 0.3) is 0 Å². The lowest BCUT2D eigenvalue weighted by Crippen LogP contribution is -2.55. The second kappa shape index (κ2) is 4.11. The van der Waals surface area contributed by atoms with Gasteiger partial charge in [-0.25, -0.2) is 0 Å². The van der Waals surface area contributed by atoms with Crippen molar-refractivity contribution in [3.8, 4) is 0 Å². The molecule has 1 heterocycles. The lowest BCUT2D eigenvalue weighted by atomic mass is 9.63. The number of hydrogen-bond acceptors (Lipinski definition) is 3. The molecule has 1 unspecified atom stereocenters. The van der Waals surface area contributed by atoms with E-state index in [2.05, 4.69) is 0 Å². The summed E-state index contributed by atoms with van der Waals surface area (Å²) in [6, 6.07) is 0. The van der Waals surface area contributed by atoms with Gasteiger partial charge < -0.3 is 9.47 Å². The zero-order valence-corrected chi connectivity index (χ0v) is 9.74. The third-order valence-corrected chi connectivity index (χ3v) is 4.56. The first-order chi connectivity index (χ1) is 7.81. The van der Waals surface area contributed by atoms with E-state index in [0.29, 0.717) is 18.3 Å². The van der Waals surface area contributed by atoms with Crippen LogP contribution < -0.4 is 0 Å². The van der Waals surface area contributed by atoms with Crippen molar-refractivity contribution in [2.24, 2.45) is 5.41 Å². The quantitative estimate of drug-likeness (QED) is 0.720. The molecule has 90 valence electrons. The summed E-state index contributed by atoms with van der Waals surface area (Å²) in [6.45, 7) is 1.64. The smallest absolute Gasteiger partial charge is 0.144 e. The van der Waals surface area contributed by atoms with Gasteiger partial charge in [0.25, 0.3) is 0 Å². The van der Waals surface area contributed by atoms with Gasteiger partial charge in [-0.05, 0) is 25.7 Å². The van der Waals surface area contributed by atoms with E-state index >= 15 is 0 Å².